The molecule has 0 fully saturated rings. The molecule has 0 bridgehead atoms. The Morgan fingerprint density at radius 1 is 1.00 bits per heavy atom. The molecule has 24 heavy (non-hydrogen) atoms. The molecule has 0 amide bonds. The third-order valence-corrected chi connectivity index (χ3v) is 4.41. The van der Waals surface area contributed by atoms with E-state index in [9.17, 15) is 21.6 Å². The molecule has 2 aromatic rings. The van der Waals surface area contributed by atoms with Crippen LogP contribution in [-0.2, 0) is 10.0 Å². The Kier molecular flexibility index (Phi) is 5.23. The predicted octanol–water partition coefficient (Wildman–Crippen LogP) is 3.47. The lowest BCUT2D eigenvalue weighted by atomic mass is 10.3. The molecule has 2 aromatic carbocycles. The zero-order valence-corrected chi connectivity index (χ0v) is 13.4. The Bertz CT molecular complexity index is 808. The first-order chi connectivity index (χ1) is 11.2. The summed E-state index contributed by atoms with van der Waals surface area (Å²) in [7, 11) is -2.70. The van der Waals surface area contributed by atoms with Crippen LogP contribution in [0.4, 0.5) is 24.5 Å². The van der Waals surface area contributed by atoms with Crippen LogP contribution >= 0.6 is 0 Å². The van der Waals surface area contributed by atoms with Crippen LogP contribution in [-0.4, -0.2) is 28.2 Å². The Balaban J connectivity index is 2.30. The molecule has 0 saturated carbocycles. The average Bonchev–Trinajstić information content (AvgIpc) is 2.53. The van der Waals surface area contributed by atoms with Gasteiger partial charge in [0.25, 0.3) is 10.0 Å². The highest BCUT2D eigenvalue weighted by atomic mass is 32.2. The van der Waals surface area contributed by atoms with Crippen LogP contribution in [0.3, 0.4) is 0 Å². The number of benzene rings is 2. The van der Waals surface area contributed by atoms with Crippen molar-refractivity contribution in [2.24, 2.45) is 0 Å². The Morgan fingerprint density at radius 2 is 1.58 bits per heavy atom. The number of halogens is 3. The topological polar surface area (TPSA) is 67.4 Å². The van der Waals surface area contributed by atoms with E-state index < -0.39 is 22.7 Å². The van der Waals surface area contributed by atoms with Crippen molar-refractivity contribution in [3.8, 4) is 5.75 Å². The van der Waals surface area contributed by atoms with Crippen LogP contribution in [0.1, 0.15) is 0 Å². The van der Waals surface area contributed by atoms with E-state index in [2.05, 4.69) is 10.0 Å². The molecule has 0 unspecified atom stereocenters. The zero-order valence-electron chi connectivity index (χ0n) is 12.6. The molecule has 0 heterocycles. The van der Waals surface area contributed by atoms with Crippen LogP contribution < -0.4 is 14.8 Å². The van der Waals surface area contributed by atoms with E-state index in [4.69, 9.17) is 4.74 Å². The van der Waals surface area contributed by atoms with Crippen LogP contribution in [0.25, 0.3) is 0 Å². The van der Waals surface area contributed by atoms with Crippen molar-refractivity contribution < 1.29 is 26.3 Å². The molecule has 0 aliphatic carbocycles. The molecule has 0 aliphatic heterocycles. The van der Waals surface area contributed by atoms with Gasteiger partial charge in [0.05, 0.1) is 18.5 Å². The van der Waals surface area contributed by atoms with E-state index in [1.165, 1.54) is 49.6 Å². The molecule has 2 N–H and O–H groups in total. The van der Waals surface area contributed by atoms with E-state index in [1.807, 2.05) is 0 Å². The third kappa shape index (κ3) is 4.54. The molecule has 0 atom stereocenters. The molecule has 0 saturated heterocycles. The number of anilines is 2. The maximum absolute atomic E-state index is 12.5. The first-order valence-electron chi connectivity index (χ1n) is 6.78. The number of nitrogens with one attached hydrogen (secondary N) is 2. The fourth-order valence-corrected chi connectivity index (χ4v) is 3.21. The van der Waals surface area contributed by atoms with Gasteiger partial charge in [0.1, 0.15) is 17.2 Å². The van der Waals surface area contributed by atoms with Crippen molar-refractivity contribution in [1.29, 1.82) is 0 Å². The summed E-state index contributed by atoms with van der Waals surface area (Å²) in [5, 5.41) is 2.17. The molecule has 5 nitrogen and oxygen atoms in total. The summed E-state index contributed by atoms with van der Waals surface area (Å²) in [5.41, 5.74) is 0.0287. The number of alkyl halides is 3. The van der Waals surface area contributed by atoms with Gasteiger partial charge in [-0.1, -0.05) is 24.3 Å². The highest BCUT2D eigenvalue weighted by molar-refractivity contribution is 7.92. The van der Waals surface area contributed by atoms with Gasteiger partial charge < -0.3 is 10.1 Å². The normalized spacial score (nSPS) is 11.8. The number of hydrogen-bond donors (Lipinski definition) is 2. The Hall–Kier alpha value is -2.42. The quantitative estimate of drug-likeness (QED) is 0.828. The first kappa shape index (κ1) is 17.9. The molecule has 2 rings (SSSR count). The smallest absolute Gasteiger partial charge is 0.405 e. The number of sulfonamides is 1. The van der Waals surface area contributed by atoms with E-state index in [-0.39, 0.29) is 22.0 Å². The summed E-state index contributed by atoms with van der Waals surface area (Å²) in [6, 6.07) is 11.7. The SMILES string of the molecule is COc1ccccc1S(=O)(=O)Nc1ccccc1NCC(F)(F)F. The van der Waals surface area contributed by atoms with Gasteiger partial charge in [-0.2, -0.15) is 13.2 Å². The fraction of sp³-hybridized carbons (Fsp3) is 0.200. The number of rotatable bonds is 6. The van der Waals surface area contributed by atoms with E-state index >= 15 is 0 Å². The molecular weight excluding hydrogens is 345 g/mol. The van der Waals surface area contributed by atoms with Gasteiger partial charge in [-0.15, -0.1) is 0 Å². The lowest BCUT2D eigenvalue weighted by Crippen LogP contribution is -2.22. The summed E-state index contributed by atoms with van der Waals surface area (Å²) >= 11 is 0. The van der Waals surface area contributed by atoms with Gasteiger partial charge in [0, 0.05) is 0 Å². The van der Waals surface area contributed by atoms with Crippen LogP contribution in [0.2, 0.25) is 0 Å². The lowest BCUT2D eigenvalue weighted by Gasteiger charge is -2.16. The second-order valence-electron chi connectivity index (χ2n) is 4.77. The zero-order chi connectivity index (χ0) is 17.8. The molecular formula is C15H15F3N2O3S. The maximum atomic E-state index is 12.5. The molecule has 0 spiro atoms. The van der Waals surface area contributed by atoms with Gasteiger partial charge in [-0.25, -0.2) is 8.42 Å². The third-order valence-electron chi connectivity index (χ3n) is 3.01. The van der Waals surface area contributed by atoms with Crippen molar-refractivity contribution in [2.45, 2.75) is 11.1 Å². The van der Waals surface area contributed by atoms with Crippen LogP contribution in [0.5, 0.6) is 5.75 Å². The molecule has 130 valence electrons. The number of hydrogen-bond acceptors (Lipinski definition) is 4. The van der Waals surface area contributed by atoms with Crippen molar-refractivity contribution in [1.82, 2.24) is 0 Å². The van der Waals surface area contributed by atoms with Crippen LogP contribution in [0, 0.1) is 0 Å². The molecule has 9 heteroatoms. The average molecular weight is 360 g/mol. The number of para-hydroxylation sites is 3. The van der Waals surface area contributed by atoms with Crippen LogP contribution in [0.15, 0.2) is 53.4 Å². The highest BCUT2D eigenvalue weighted by Gasteiger charge is 2.27. The highest BCUT2D eigenvalue weighted by Crippen LogP contribution is 2.29. The maximum Gasteiger partial charge on any atom is 0.405 e. The first-order valence-corrected chi connectivity index (χ1v) is 8.27. The van der Waals surface area contributed by atoms with Crippen molar-refractivity contribution >= 4 is 21.4 Å². The second kappa shape index (κ2) is 7.00. The number of methoxy groups -OCH3 is 1. The Labute approximate surface area is 137 Å². The standard InChI is InChI=1S/C15H15F3N2O3S/c1-23-13-8-4-5-9-14(13)24(21,22)20-12-7-3-2-6-11(12)19-10-15(16,17)18/h2-9,19-20H,10H2,1H3. The van der Waals surface area contributed by atoms with Crippen molar-refractivity contribution in [3.05, 3.63) is 48.5 Å². The van der Waals surface area contributed by atoms with Gasteiger partial charge in [0.2, 0.25) is 0 Å². The van der Waals surface area contributed by atoms with Crippen molar-refractivity contribution in [2.75, 3.05) is 23.7 Å². The van der Waals surface area contributed by atoms with E-state index in [0.29, 0.717) is 0 Å². The van der Waals surface area contributed by atoms with Gasteiger partial charge in [0.15, 0.2) is 0 Å². The van der Waals surface area contributed by atoms with Gasteiger partial charge in [-0.05, 0) is 24.3 Å². The van der Waals surface area contributed by atoms with Gasteiger partial charge >= 0.3 is 6.18 Å². The van der Waals surface area contributed by atoms with Gasteiger partial charge in [-0.3, -0.25) is 4.72 Å². The molecule has 0 radical (unpaired) electrons. The summed E-state index contributed by atoms with van der Waals surface area (Å²) < 4.78 is 69.3. The van der Waals surface area contributed by atoms with E-state index in [1.54, 1.807) is 6.07 Å². The summed E-state index contributed by atoms with van der Waals surface area (Å²) in [4.78, 5) is -0.113. The number of ether oxygens (including phenoxy) is 1. The molecule has 0 aliphatic rings. The minimum absolute atomic E-state index is 0.00709. The monoisotopic (exact) mass is 360 g/mol. The summed E-state index contributed by atoms with van der Waals surface area (Å²) in [5.74, 6) is 0.130. The largest absolute Gasteiger partial charge is 0.495 e. The molecule has 0 aromatic heterocycles. The minimum atomic E-state index is -4.42. The second-order valence-corrected chi connectivity index (χ2v) is 6.42. The summed E-state index contributed by atoms with van der Waals surface area (Å²) in [6.45, 7) is -1.28. The minimum Gasteiger partial charge on any atom is -0.495 e. The van der Waals surface area contributed by atoms with Crippen molar-refractivity contribution in [3.63, 3.8) is 0 Å². The Morgan fingerprint density at radius 3 is 2.21 bits per heavy atom. The predicted molar refractivity (Wildman–Crippen MR) is 84.8 cm³/mol. The lowest BCUT2D eigenvalue weighted by molar-refractivity contribution is -0.115. The summed E-state index contributed by atoms with van der Waals surface area (Å²) in [6.07, 6.45) is -4.42. The fourth-order valence-electron chi connectivity index (χ4n) is 1.96. The van der Waals surface area contributed by atoms with E-state index in [0.717, 1.165) is 0 Å².